The molecule has 1 aromatic rings. The molecule has 76 valence electrons. The van der Waals surface area contributed by atoms with Crippen LogP contribution in [0.5, 0.6) is 11.5 Å². The van der Waals surface area contributed by atoms with Gasteiger partial charge in [0, 0.05) is 6.07 Å². The Morgan fingerprint density at radius 3 is 3.00 bits per heavy atom. The first-order valence-corrected chi connectivity index (χ1v) is 4.69. The smallest absolute Gasteiger partial charge is 0.126 e. The van der Waals surface area contributed by atoms with E-state index < -0.39 is 0 Å². The molecule has 3 heteroatoms. The van der Waals surface area contributed by atoms with Crippen LogP contribution in [-0.2, 0) is 6.42 Å². The lowest BCUT2D eigenvalue weighted by atomic mass is 9.92. The van der Waals surface area contributed by atoms with Crippen molar-refractivity contribution in [3.63, 3.8) is 0 Å². The molecule has 0 amide bonds. The Bertz CT molecular complexity index is 347. The molecule has 1 atom stereocenters. The van der Waals surface area contributed by atoms with Crippen molar-refractivity contribution in [2.75, 3.05) is 13.7 Å². The zero-order valence-corrected chi connectivity index (χ0v) is 8.54. The highest BCUT2D eigenvalue weighted by atomic mass is 16.5. The van der Waals surface area contributed by atoms with Gasteiger partial charge in [-0.1, -0.05) is 6.07 Å². The highest BCUT2D eigenvalue weighted by molar-refractivity contribution is 5.43. The van der Waals surface area contributed by atoms with Crippen molar-refractivity contribution in [1.82, 2.24) is 0 Å². The molecule has 0 aromatic heterocycles. The number of hydrogen-bond acceptors (Lipinski definition) is 3. The summed E-state index contributed by atoms with van der Waals surface area (Å²) in [5.74, 6) is 1.72. The van der Waals surface area contributed by atoms with E-state index in [1.807, 2.05) is 25.1 Å². The Balaban J connectivity index is 2.32. The molecule has 1 unspecified atom stereocenters. The second-order valence-corrected chi connectivity index (χ2v) is 4.09. The summed E-state index contributed by atoms with van der Waals surface area (Å²) < 4.78 is 10.7. The molecular formula is C11H15NO2. The summed E-state index contributed by atoms with van der Waals surface area (Å²) in [6.07, 6.45) is 0.853. The van der Waals surface area contributed by atoms with E-state index in [2.05, 4.69) is 0 Å². The van der Waals surface area contributed by atoms with Crippen LogP contribution in [0.1, 0.15) is 12.5 Å². The van der Waals surface area contributed by atoms with Gasteiger partial charge in [0.15, 0.2) is 0 Å². The summed E-state index contributed by atoms with van der Waals surface area (Å²) in [4.78, 5) is 0. The quantitative estimate of drug-likeness (QED) is 0.732. The molecule has 1 aliphatic heterocycles. The molecule has 0 bridgehead atoms. The van der Waals surface area contributed by atoms with Crippen LogP contribution < -0.4 is 15.2 Å². The van der Waals surface area contributed by atoms with Crippen molar-refractivity contribution in [3.8, 4) is 11.5 Å². The van der Waals surface area contributed by atoms with Gasteiger partial charge >= 0.3 is 0 Å². The summed E-state index contributed by atoms with van der Waals surface area (Å²) in [5, 5.41) is 0. The Hall–Kier alpha value is -1.22. The van der Waals surface area contributed by atoms with Crippen LogP contribution in [0.3, 0.4) is 0 Å². The molecule has 14 heavy (non-hydrogen) atoms. The molecule has 0 saturated carbocycles. The topological polar surface area (TPSA) is 44.5 Å². The Kier molecular flexibility index (Phi) is 2.11. The fourth-order valence-corrected chi connectivity index (χ4v) is 1.67. The SMILES string of the molecule is COc1ccc2c(c1)OCC(C)(N)C2. The zero-order valence-electron chi connectivity index (χ0n) is 8.54. The Morgan fingerprint density at radius 2 is 2.29 bits per heavy atom. The Labute approximate surface area is 83.8 Å². The first kappa shape index (κ1) is 9.34. The first-order chi connectivity index (χ1) is 6.61. The number of benzene rings is 1. The van der Waals surface area contributed by atoms with E-state index in [-0.39, 0.29) is 5.54 Å². The van der Waals surface area contributed by atoms with Crippen molar-refractivity contribution < 1.29 is 9.47 Å². The normalized spacial score (nSPS) is 25.1. The lowest BCUT2D eigenvalue weighted by Gasteiger charge is -2.31. The van der Waals surface area contributed by atoms with Gasteiger partial charge in [-0.05, 0) is 25.0 Å². The largest absolute Gasteiger partial charge is 0.497 e. The van der Waals surface area contributed by atoms with E-state index in [1.54, 1.807) is 7.11 Å². The average molecular weight is 193 g/mol. The van der Waals surface area contributed by atoms with Crippen molar-refractivity contribution in [2.24, 2.45) is 5.73 Å². The van der Waals surface area contributed by atoms with Gasteiger partial charge in [0.25, 0.3) is 0 Å². The summed E-state index contributed by atoms with van der Waals surface area (Å²) in [6.45, 7) is 2.56. The first-order valence-electron chi connectivity index (χ1n) is 4.69. The molecule has 1 aromatic carbocycles. The standard InChI is InChI=1S/C11H15NO2/c1-11(12)6-8-3-4-9(13-2)5-10(8)14-7-11/h3-5H,6-7,12H2,1-2H3. The van der Waals surface area contributed by atoms with E-state index in [9.17, 15) is 0 Å². The van der Waals surface area contributed by atoms with Crippen LogP contribution in [0.2, 0.25) is 0 Å². The van der Waals surface area contributed by atoms with Gasteiger partial charge in [-0.2, -0.15) is 0 Å². The maximum absolute atomic E-state index is 6.01. The molecule has 1 aliphatic rings. The van der Waals surface area contributed by atoms with Crippen LogP contribution in [0.4, 0.5) is 0 Å². The van der Waals surface area contributed by atoms with Gasteiger partial charge in [-0.25, -0.2) is 0 Å². The molecule has 0 aliphatic carbocycles. The van der Waals surface area contributed by atoms with Crippen LogP contribution in [0.15, 0.2) is 18.2 Å². The maximum Gasteiger partial charge on any atom is 0.126 e. The zero-order chi connectivity index (χ0) is 10.2. The summed E-state index contributed by atoms with van der Waals surface area (Å²) in [7, 11) is 1.65. The van der Waals surface area contributed by atoms with Crippen molar-refractivity contribution >= 4 is 0 Å². The molecular weight excluding hydrogens is 178 g/mol. The number of nitrogens with two attached hydrogens (primary N) is 1. The number of hydrogen-bond donors (Lipinski definition) is 1. The minimum absolute atomic E-state index is 0.248. The highest BCUT2D eigenvalue weighted by Crippen LogP contribution is 2.31. The van der Waals surface area contributed by atoms with Crippen LogP contribution in [0, 0.1) is 0 Å². The lowest BCUT2D eigenvalue weighted by molar-refractivity contribution is 0.203. The molecule has 0 spiro atoms. The molecule has 1 heterocycles. The maximum atomic E-state index is 6.01. The monoisotopic (exact) mass is 193 g/mol. The van der Waals surface area contributed by atoms with E-state index in [4.69, 9.17) is 15.2 Å². The summed E-state index contributed by atoms with van der Waals surface area (Å²) >= 11 is 0. The van der Waals surface area contributed by atoms with Gasteiger partial charge in [0.2, 0.25) is 0 Å². The minimum Gasteiger partial charge on any atom is -0.497 e. The fourth-order valence-electron chi connectivity index (χ4n) is 1.67. The molecule has 0 saturated heterocycles. The third-order valence-electron chi connectivity index (χ3n) is 2.43. The summed E-state index contributed by atoms with van der Waals surface area (Å²) in [5.41, 5.74) is 6.91. The number of fused-ring (bicyclic) bond motifs is 1. The average Bonchev–Trinajstić information content (AvgIpc) is 2.16. The van der Waals surface area contributed by atoms with Gasteiger partial charge < -0.3 is 15.2 Å². The van der Waals surface area contributed by atoms with Crippen molar-refractivity contribution in [2.45, 2.75) is 18.9 Å². The van der Waals surface area contributed by atoms with Gasteiger partial charge in [-0.3, -0.25) is 0 Å². The van der Waals surface area contributed by atoms with Crippen molar-refractivity contribution in [1.29, 1.82) is 0 Å². The molecule has 0 fully saturated rings. The molecule has 0 radical (unpaired) electrons. The van der Waals surface area contributed by atoms with E-state index in [0.717, 1.165) is 23.5 Å². The predicted octanol–water partition coefficient (Wildman–Crippen LogP) is 1.35. The third-order valence-corrected chi connectivity index (χ3v) is 2.43. The molecule has 2 N–H and O–H groups in total. The lowest BCUT2D eigenvalue weighted by Crippen LogP contribution is -2.46. The van der Waals surface area contributed by atoms with E-state index in [0.29, 0.717) is 6.61 Å². The molecule has 3 nitrogen and oxygen atoms in total. The molecule has 2 rings (SSSR count). The van der Waals surface area contributed by atoms with Crippen LogP contribution in [0.25, 0.3) is 0 Å². The van der Waals surface area contributed by atoms with Crippen molar-refractivity contribution in [3.05, 3.63) is 23.8 Å². The predicted molar refractivity (Wildman–Crippen MR) is 54.8 cm³/mol. The van der Waals surface area contributed by atoms with Crippen LogP contribution >= 0.6 is 0 Å². The minimum atomic E-state index is -0.248. The Morgan fingerprint density at radius 1 is 1.50 bits per heavy atom. The third kappa shape index (κ3) is 1.68. The summed E-state index contributed by atoms with van der Waals surface area (Å²) in [6, 6.07) is 5.85. The fraction of sp³-hybridized carbons (Fsp3) is 0.455. The van der Waals surface area contributed by atoms with Gasteiger partial charge in [0.1, 0.15) is 18.1 Å². The second-order valence-electron chi connectivity index (χ2n) is 4.09. The highest BCUT2D eigenvalue weighted by Gasteiger charge is 2.27. The number of methoxy groups -OCH3 is 1. The van der Waals surface area contributed by atoms with Gasteiger partial charge in [-0.15, -0.1) is 0 Å². The van der Waals surface area contributed by atoms with E-state index >= 15 is 0 Å². The van der Waals surface area contributed by atoms with Gasteiger partial charge in [0.05, 0.1) is 12.6 Å². The second kappa shape index (κ2) is 3.17. The van der Waals surface area contributed by atoms with E-state index in [1.165, 1.54) is 0 Å². The number of ether oxygens (including phenoxy) is 2. The van der Waals surface area contributed by atoms with Crippen LogP contribution in [-0.4, -0.2) is 19.3 Å². The number of rotatable bonds is 1.